The highest BCUT2D eigenvalue weighted by Gasteiger charge is 2.48. The Morgan fingerprint density at radius 3 is 1.93 bits per heavy atom. The number of aliphatic hydroxyl groups is 3. The van der Waals surface area contributed by atoms with E-state index in [0.717, 1.165) is 4.90 Å². The molecule has 5 atom stereocenters. The summed E-state index contributed by atoms with van der Waals surface area (Å²) in [4.78, 5) is 0.935. The fraction of sp³-hybridized carbons (Fsp3) is 0.714. The minimum atomic E-state index is -2.12. The van der Waals surface area contributed by atoms with Gasteiger partial charge in [0.25, 0.3) is 0 Å². The molecule has 1 aliphatic rings. The molecule has 0 saturated carbocycles. The molecule has 0 aromatic heterocycles. The highest BCUT2D eigenvalue weighted by atomic mass is 32.2. The fourth-order valence-corrected chi connectivity index (χ4v) is 11.0. The van der Waals surface area contributed by atoms with Crippen LogP contribution in [0.3, 0.4) is 0 Å². The van der Waals surface area contributed by atoms with Crippen molar-refractivity contribution in [1.82, 2.24) is 0 Å². The Balaban J connectivity index is 2.14. The Bertz CT molecular complexity index is 576. The van der Waals surface area contributed by atoms with E-state index in [1.807, 2.05) is 30.3 Å². The van der Waals surface area contributed by atoms with Gasteiger partial charge in [0, 0.05) is 4.90 Å². The van der Waals surface area contributed by atoms with Crippen LogP contribution in [0.1, 0.15) is 41.5 Å². The normalized spacial score (nSPS) is 29.1. The first kappa shape index (κ1) is 23.9. The molecule has 1 heterocycles. The molecule has 5 nitrogen and oxygen atoms in total. The SMILES string of the molecule is CC(C)[Si](OC[C@H]1O[C@@H](Sc2ccccc2)[C@@H](O)[C@H](O)[C@@H]1O)(C(C)C)C(C)C. The van der Waals surface area contributed by atoms with E-state index in [9.17, 15) is 15.3 Å². The third kappa shape index (κ3) is 5.01. The van der Waals surface area contributed by atoms with Gasteiger partial charge in [-0.2, -0.15) is 0 Å². The zero-order chi connectivity index (χ0) is 21.1. The second kappa shape index (κ2) is 10.1. The van der Waals surface area contributed by atoms with Crippen molar-refractivity contribution in [2.75, 3.05) is 6.61 Å². The topological polar surface area (TPSA) is 79.2 Å². The summed E-state index contributed by atoms with van der Waals surface area (Å²) in [7, 11) is -2.12. The van der Waals surface area contributed by atoms with Crippen molar-refractivity contribution in [3.63, 3.8) is 0 Å². The third-order valence-corrected chi connectivity index (χ3v) is 13.1. The van der Waals surface area contributed by atoms with E-state index in [4.69, 9.17) is 9.16 Å². The van der Waals surface area contributed by atoms with Crippen molar-refractivity contribution in [3.8, 4) is 0 Å². The molecular weight excluding hydrogens is 392 g/mol. The van der Waals surface area contributed by atoms with Crippen molar-refractivity contribution < 1.29 is 24.5 Å². The van der Waals surface area contributed by atoms with Gasteiger partial charge in [-0.15, -0.1) is 0 Å². The van der Waals surface area contributed by atoms with Crippen molar-refractivity contribution in [2.24, 2.45) is 0 Å². The van der Waals surface area contributed by atoms with Crippen molar-refractivity contribution in [2.45, 2.75) is 92.9 Å². The van der Waals surface area contributed by atoms with E-state index in [1.54, 1.807) is 0 Å². The van der Waals surface area contributed by atoms with E-state index < -0.39 is 38.2 Å². The van der Waals surface area contributed by atoms with E-state index in [2.05, 4.69) is 41.5 Å². The first-order valence-electron chi connectivity index (χ1n) is 10.2. The first-order valence-corrected chi connectivity index (χ1v) is 13.2. The maximum Gasteiger partial charge on any atom is 0.200 e. The summed E-state index contributed by atoms with van der Waals surface area (Å²) in [6.45, 7) is 13.5. The quantitative estimate of drug-likeness (QED) is 0.547. The lowest BCUT2D eigenvalue weighted by atomic mass is 10.0. The average Bonchev–Trinajstić information content (AvgIpc) is 2.63. The summed E-state index contributed by atoms with van der Waals surface area (Å²) in [6.07, 6.45) is -4.29. The number of hydrogen-bond donors (Lipinski definition) is 3. The molecular formula is C21H36O5SSi. The summed E-state index contributed by atoms with van der Waals surface area (Å²) in [6, 6.07) is 9.61. The summed E-state index contributed by atoms with van der Waals surface area (Å²) < 4.78 is 12.6. The molecule has 7 heteroatoms. The zero-order valence-electron chi connectivity index (χ0n) is 17.8. The Morgan fingerprint density at radius 1 is 0.893 bits per heavy atom. The van der Waals surface area contributed by atoms with E-state index >= 15 is 0 Å². The lowest BCUT2D eigenvalue weighted by Crippen LogP contribution is -2.59. The molecule has 0 bridgehead atoms. The van der Waals surface area contributed by atoms with Crippen LogP contribution >= 0.6 is 11.8 Å². The van der Waals surface area contributed by atoms with Gasteiger partial charge in [0.15, 0.2) is 8.32 Å². The smallest absolute Gasteiger partial charge is 0.200 e. The van der Waals surface area contributed by atoms with Crippen LogP contribution in [-0.4, -0.2) is 60.1 Å². The van der Waals surface area contributed by atoms with Crippen LogP contribution in [0, 0.1) is 0 Å². The lowest BCUT2D eigenvalue weighted by molar-refractivity contribution is -0.204. The Kier molecular flexibility index (Phi) is 8.58. The zero-order valence-corrected chi connectivity index (χ0v) is 19.6. The molecule has 0 radical (unpaired) electrons. The fourth-order valence-electron chi connectivity index (χ4n) is 4.51. The first-order chi connectivity index (χ1) is 13.1. The van der Waals surface area contributed by atoms with E-state index in [0.29, 0.717) is 16.6 Å². The molecule has 160 valence electrons. The Hall–Kier alpha value is -0.413. The number of thioether (sulfide) groups is 1. The average molecular weight is 429 g/mol. The summed E-state index contributed by atoms with van der Waals surface area (Å²) in [5.41, 5.74) is 0.581. The van der Waals surface area contributed by atoms with Crippen LogP contribution in [0.4, 0.5) is 0 Å². The molecule has 1 fully saturated rings. The molecule has 0 amide bonds. The largest absolute Gasteiger partial charge is 0.413 e. The minimum absolute atomic E-state index is 0.220. The van der Waals surface area contributed by atoms with E-state index in [1.165, 1.54) is 11.8 Å². The molecule has 1 aliphatic heterocycles. The number of hydrogen-bond acceptors (Lipinski definition) is 6. The van der Waals surface area contributed by atoms with Crippen LogP contribution in [-0.2, 0) is 9.16 Å². The number of aliphatic hydroxyl groups excluding tert-OH is 3. The van der Waals surface area contributed by atoms with Gasteiger partial charge in [0.2, 0.25) is 0 Å². The van der Waals surface area contributed by atoms with Crippen molar-refractivity contribution in [3.05, 3.63) is 30.3 Å². The third-order valence-electron chi connectivity index (χ3n) is 5.87. The lowest BCUT2D eigenvalue weighted by Gasteiger charge is -2.45. The number of ether oxygens (including phenoxy) is 1. The second-order valence-electron chi connectivity index (χ2n) is 8.57. The van der Waals surface area contributed by atoms with Crippen LogP contribution in [0.15, 0.2) is 35.2 Å². The van der Waals surface area contributed by atoms with Gasteiger partial charge in [-0.05, 0) is 28.8 Å². The Morgan fingerprint density at radius 2 is 1.43 bits per heavy atom. The van der Waals surface area contributed by atoms with Crippen LogP contribution < -0.4 is 0 Å². The monoisotopic (exact) mass is 428 g/mol. The molecule has 1 aromatic rings. The predicted octanol–water partition coefficient (Wildman–Crippen LogP) is 3.78. The van der Waals surface area contributed by atoms with Gasteiger partial charge >= 0.3 is 0 Å². The van der Waals surface area contributed by atoms with Crippen molar-refractivity contribution >= 4 is 20.1 Å². The molecule has 28 heavy (non-hydrogen) atoms. The summed E-state index contributed by atoms with van der Waals surface area (Å²) in [5.74, 6) is 0. The summed E-state index contributed by atoms with van der Waals surface area (Å²) >= 11 is 1.35. The highest BCUT2D eigenvalue weighted by Crippen LogP contribution is 2.43. The maximum atomic E-state index is 10.5. The molecule has 1 aromatic carbocycles. The molecule has 0 unspecified atom stereocenters. The molecule has 3 N–H and O–H groups in total. The van der Waals surface area contributed by atoms with Crippen LogP contribution in [0.5, 0.6) is 0 Å². The maximum absolute atomic E-state index is 10.5. The van der Waals surface area contributed by atoms with Crippen LogP contribution in [0.25, 0.3) is 0 Å². The molecule has 0 spiro atoms. The van der Waals surface area contributed by atoms with Crippen molar-refractivity contribution in [1.29, 1.82) is 0 Å². The number of benzene rings is 1. The molecule has 1 saturated heterocycles. The van der Waals surface area contributed by atoms with Gasteiger partial charge < -0.3 is 24.5 Å². The predicted molar refractivity (Wildman–Crippen MR) is 116 cm³/mol. The summed E-state index contributed by atoms with van der Waals surface area (Å²) in [5, 5.41) is 31.3. The Labute approximate surface area is 174 Å². The van der Waals surface area contributed by atoms with Crippen LogP contribution in [0.2, 0.25) is 16.6 Å². The van der Waals surface area contributed by atoms with Gasteiger partial charge in [-0.25, -0.2) is 0 Å². The molecule has 0 aliphatic carbocycles. The highest BCUT2D eigenvalue weighted by molar-refractivity contribution is 7.99. The van der Waals surface area contributed by atoms with Gasteiger partial charge in [-0.1, -0.05) is 71.5 Å². The minimum Gasteiger partial charge on any atom is -0.413 e. The van der Waals surface area contributed by atoms with E-state index in [-0.39, 0.29) is 6.61 Å². The van der Waals surface area contributed by atoms with Gasteiger partial charge in [-0.3, -0.25) is 0 Å². The standard InChI is InChI=1S/C21H36O5SSi/c1-13(2)28(14(3)4,15(5)6)25-12-17-18(22)19(23)20(24)21(26-17)27-16-10-8-7-9-11-16/h7-11,13-15,17-24H,12H2,1-6H3/t17-,18-,19-,20+,21+/m1/s1. The number of rotatable bonds is 8. The van der Waals surface area contributed by atoms with Gasteiger partial charge in [0.1, 0.15) is 29.9 Å². The second-order valence-corrected chi connectivity index (χ2v) is 15.2. The van der Waals surface area contributed by atoms with Gasteiger partial charge in [0.05, 0.1) is 6.61 Å². The molecule has 2 rings (SSSR count).